The number of nitrogens with one attached hydrogen (secondary N) is 1. The average Bonchev–Trinajstić information content (AvgIpc) is 3.65. The van der Waals surface area contributed by atoms with Gasteiger partial charge in [0.2, 0.25) is 17.8 Å². The van der Waals surface area contributed by atoms with Gasteiger partial charge < -0.3 is 19.3 Å². The summed E-state index contributed by atoms with van der Waals surface area (Å²) in [4.78, 5) is 30.7. The Kier molecular flexibility index (Phi) is 7.65. The van der Waals surface area contributed by atoms with E-state index in [1.807, 2.05) is 0 Å². The zero-order chi connectivity index (χ0) is 25.6. The number of hydrogen-bond acceptors (Lipinski definition) is 10. The number of anilines is 3. The van der Waals surface area contributed by atoms with Crippen molar-refractivity contribution in [2.75, 3.05) is 48.5 Å². The molecule has 2 fully saturated rings. The van der Waals surface area contributed by atoms with Gasteiger partial charge in [0.25, 0.3) is 0 Å². The van der Waals surface area contributed by atoms with Crippen molar-refractivity contribution in [1.29, 1.82) is 0 Å². The van der Waals surface area contributed by atoms with Crippen LogP contribution >= 0.6 is 11.6 Å². The molecule has 1 aromatic heterocycles. The lowest BCUT2D eigenvalue weighted by Gasteiger charge is -2.20. The third-order valence-electron chi connectivity index (χ3n) is 6.24. The molecule has 2 aliphatic heterocycles. The van der Waals surface area contributed by atoms with E-state index >= 15 is 0 Å². The van der Waals surface area contributed by atoms with Crippen LogP contribution in [-0.2, 0) is 0 Å². The van der Waals surface area contributed by atoms with E-state index in [9.17, 15) is 4.79 Å². The second-order valence-corrected chi connectivity index (χ2v) is 9.26. The third-order valence-corrected chi connectivity index (χ3v) is 6.49. The monoisotopic (exact) mass is 521 g/mol. The fourth-order valence-electron chi connectivity index (χ4n) is 4.28. The summed E-state index contributed by atoms with van der Waals surface area (Å²) in [6, 6.07) is 11.6. The van der Waals surface area contributed by atoms with Crippen LogP contribution in [0.2, 0.25) is 5.02 Å². The van der Waals surface area contributed by atoms with Crippen molar-refractivity contribution in [2.45, 2.75) is 25.7 Å². The first-order chi connectivity index (χ1) is 18.1. The summed E-state index contributed by atoms with van der Waals surface area (Å²) in [6.45, 7) is 3.78. The Hall–Kier alpha value is -3.92. The highest BCUT2D eigenvalue weighted by Gasteiger charge is 2.21. The van der Waals surface area contributed by atoms with Gasteiger partial charge in [-0.05, 0) is 73.7 Å². The molecule has 0 radical (unpaired) electrons. The molecule has 37 heavy (non-hydrogen) atoms. The molecule has 3 heterocycles. The van der Waals surface area contributed by atoms with Crippen LogP contribution < -0.4 is 24.7 Å². The standard InChI is InChI=1S/C26H28ClN7O3/c1-36-22-16-18(6-11-21(22)37-23(35)19-7-9-20(27)10-8-19)17-28-32-24-29-25(33-12-2-3-13-33)31-26(30-24)34-14-4-5-15-34/h6-11,16-17H,2-5,12-15H2,1H3,(H,29,30,31,32)/b28-17-. The topological polar surface area (TPSA) is 105 Å². The summed E-state index contributed by atoms with van der Waals surface area (Å²) in [5, 5.41) is 4.87. The molecule has 5 rings (SSSR count). The van der Waals surface area contributed by atoms with Crippen molar-refractivity contribution in [3.8, 4) is 11.5 Å². The van der Waals surface area contributed by atoms with Gasteiger partial charge in [-0.3, -0.25) is 0 Å². The Bertz CT molecular complexity index is 1240. The number of nitrogens with zero attached hydrogens (tertiary/aromatic N) is 6. The van der Waals surface area contributed by atoms with Gasteiger partial charge in [0.15, 0.2) is 11.5 Å². The summed E-state index contributed by atoms with van der Waals surface area (Å²) >= 11 is 5.89. The largest absolute Gasteiger partial charge is 0.493 e. The highest BCUT2D eigenvalue weighted by Crippen LogP contribution is 2.29. The first-order valence-electron chi connectivity index (χ1n) is 12.3. The van der Waals surface area contributed by atoms with Crippen LogP contribution in [0.4, 0.5) is 17.8 Å². The van der Waals surface area contributed by atoms with Crippen LogP contribution in [-0.4, -0.2) is 60.4 Å². The van der Waals surface area contributed by atoms with Gasteiger partial charge in [0, 0.05) is 31.2 Å². The quantitative estimate of drug-likeness (QED) is 0.200. The number of rotatable bonds is 8. The Balaban J connectivity index is 1.29. The number of carbonyl (C=O) groups excluding carboxylic acids is 1. The zero-order valence-corrected chi connectivity index (χ0v) is 21.3. The normalized spacial score (nSPS) is 15.4. The first kappa shape index (κ1) is 24.8. The van der Waals surface area contributed by atoms with E-state index in [-0.39, 0.29) is 0 Å². The third kappa shape index (κ3) is 6.08. The molecule has 0 bridgehead atoms. The molecule has 3 aromatic rings. The lowest BCUT2D eigenvalue weighted by atomic mass is 10.2. The fourth-order valence-corrected chi connectivity index (χ4v) is 4.41. The summed E-state index contributed by atoms with van der Waals surface area (Å²) in [5.41, 5.74) is 4.08. The SMILES string of the molecule is COc1cc(/C=N\Nc2nc(N3CCCC3)nc(N3CCCC3)n2)ccc1OC(=O)c1ccc(Cl)cc1. The zero-order valence-electron chi connectivity index (χ0n) is 20.6. The number of ether oxygens (including phenoxy) is 2. The highest BCUT2D eigenvalue weighted by atomic mass is 35.5. The molecule has 192 valence electrons. The van der Waals surface area contributed by atoms with Gasteiger partial charge in [-0.1, -0.05) is 11.6 Å². The summed E-state index contributed by atoms with van der Waals surface area (Å²) in [5.74, 6) is 1.96. The first-order valence-corrected chi connectivity index (χ1v) is 12.7. The van der Waals surface area contributed by atoms with Gasteiger partial charge in [0.05, 0.1) is 18.9 Å². The number of hydrazone groups is 1. The Morgan fingerprint density at radius 3 is 2.14 bits per heavy atom. The minimum atomic E-state index is -0.504. The van der Waals surface area contributed by atoms with Crippen LogP contribution in [0.5, 0.6) is 11.5 Å². The molecule has 2 aromatic carbocycles. The van der Waals surface area contributed by atoms with Crippen molar-refractivity contribution in [3.63, 3.8) is 0 Å². The predicted molar refractivity (Wildman–Crippen MR) is 143 cm³/mol. The Labute approximate surface area is 220 Å². The molecule has 0 aliphatic carbocycles. The van der Waals surface area contributed by atoms with Gasteiger partial charge in [-0.15, -0.1) is 0 Å². The molecule has 2 aliphatic rings. The molecule has 2 saturated heterocycles. The highest BCUT2D eigenvalue weighted by molar-refractivity contribution is 6.30. The van der Waals surface area contributed by atoms with E-state index in [1.54, 1.807) is 48.7 Å². The maximum atomic E-state index is 12.5. The minimum Gasteiger partial charge on any atom is -0.493 e. The van der Waals surface area contributed by atoms with Gasteiger partial charge in [0.1, 0.15) is 0 Å². The van der Waals surface area contributed by atoms with Crippen LogP contribution in [0.15, 0.2) is 47.6 Å². The predicted octanol–water partition coefficient (Wildman–Crippen LogP) is 4.40. The molecule has 0 saturated carbocycles. The fraction of sp³-hybridized carbons (Fsp3) is 0.346. The van der Waals surface area contributed by atoms with Crippen LogP contribution in [0, 0.1) is 0 Å². The number of carbonyl (C=O) groups is 1. The number of hydrogen-bond donors (Lipinski definition) is 1. The van der Waals surface area contributed by atoms with Crippen molar-refractivity contribution < 1.29 is 14.3 Å². The van der Waals surface area contributed by atoms with E-state index in [4.69, 9.17) is 26.1 Å². The molecule has 0 atom stereocenters. The molecule has 10 nitrogen and oxygen atoms in total. The van der Waals surface area contributed by atoms with E-state index < -0.39 is 5.97 Å². The van der Waals surface area contributed by atoms with Crippen LogP contribution in [0.3, 0.4) is 0 Å². The van der Waals surface area contributed by atoms with E-state index in [0.717, 1.165) is 57.4 Å². The van der Waals surface area contributed by atoms with Crippen molar-refractivity contribution >= 4 is 41.6 Å². The second kappa shape index (κ2) is 11.4. The maximum Gasteiger partial charge on any atom is 0.343 e. The molecule has 11 heteroatoms. The molecule has 0 amide bonds. The van der Waals surface area contributed by atoms with Crippen molar-refractivity contribution in [2.24, 2.45) is 5.10 Å². The summed E-state index contributed by atoms with van der Waals surface area (Å²) in [7, 11) is 1.51. The molecular formula is C26H28ClN7O3. The van der Waals surface area contributed by atoms with Crippen molar-refractivity contribution in [3.05, 3.63) is 58.6 Å². The van der Waals surface area contributed by atoms with Crippen molar-refractivity contribution in [1.82, 2.24) is 15.0 Å². The van der Waals surface area contributed by atoms with E-state index in [2.05, 4.69) is 30.3 Å². The number of esters is 1. The maximum absolute atomic E-state index is 12.5. The smallest absolute Gasteiger partial charge is 0.343 e. The number of aromatic nitrogens is 3. The molecule has 1 N–H and O–H groups in total. The molecular weight excluding hydrogens is 494 g/mol. The minimum absolute atomic E-state index is 0.301. The lowest BCUT2D eigenvalue weighted by Crippen LogP contribution is -2.25. The number of halogens is 1. The van der Waals surface area contributed by atoms with Gasteiger partial charge in [-0.25, -0.2) is 10.2 Å². The molecule has 0 spiro atoms. The van der Waals surface area contributed by atoms with E-state index in [0.29, 0.717) is 39.9 Å². The van der Waals surface area contributed by atoms with E-state index in [1.165, 1.54) is 7.11 Å². The second-order valence-electron chi connectivity index (χ2n) is 8.82. The Morgan fingerprint density at radius 1 is 0.919 bits per heavy atom. The lowest BCUT2D eigenvalue weighted by molar-refractivity contribution is 0.0729. The number of methoxy groups -OCH3 is 1. The summed E-state index contributed by atoms with van der Waals surface area (Å²) in [6.07, 6.45) is 6.18. The van der Waals surface area contributed by atoms with Gasteiger partial charge >= 0.3 is 5.97 Å². The molecule has 0 unspecified atom stereocenters. The number of benzene rings is 2. The Morgan fingerprint density at radius 2 is 1.54 bits per heavy atom. The van der Waals surface area contributed by atoms with Gasteiger partial charge in [-0.2, -0.15) is 20.1 Å². The van der Waals surface area contributed by atoms with Crippen LogP contribution in [0.25, 0.3) is 0 Å². The average molecular weight is 522 g/mol. The van der Waals surface area contributed by atoms with Crippen LogP contribution in [0.1, 0.15) is 41.6 Å². The summed E-state index contributed by atoms with van der Waals surface area (Å²) < 4.78 is 10.9.